The minimum Gasteiger partial charge on any atom is -0.394 e. The molecule has 0 bridgehead atoms. The summed E-state index contributed by atoms with van der Waals surface area (Å²) in [5, 5.41) is 40.1. The number of hydrogen-bond donors (Lipinski definition) is 3. The number of halogens is 4. The highest BCUT2D eigenvalue weighted by molar-refractivity contribution is 9.10. The Bertz CT molecular complexity index is 1440. The fourth-order valence-electron chi connectivity index (χ4n) is 5.61. The van der Waals surface area contributed by atoms with E-state index in [9.17, 15) is 33.3 Å². The third-order valence-corrected chi connectivity index (χ3v) is 8.10. The summed E-state index contributed by atoms with van der Waals surface area (Å²) >= 11 is 3.46. The first-order chi connectivity index (χ1) is 20.5. The Morgan fingerprint density at radius 2 is 1.91 bits per heavy atom. The highest BCUT2D eigenvalue weighted by Gasteiger charge is 2.52. The number of nitrogens with zero attached hydrogens (tertiary/aromatic N) is 4. The molecule has 0 saturated carbocycles. The molecule has 11 nitrogen and oxygen atoms in total. The molecular weight excluding hydrogens is 641 g/mol. The smallest absolute Gasteiger partial charge is 0.259 e. The molecule has 2 aliphatic rings. The van der Waals surface area contributed by atoms with Crippen LogP contribution >= 0.6 is 15.9 Å². The summed E-state index contributed by atoms with van der Waals surface area (Å²) in [6.07, 6.45) is -4.83. The number of aromatic nitrogens is 3. The van der Waals surface area contributed by atoms with Gasteiger partial charge < -0.3 is 34.4 Å². The monoisotopic (exact) mass is 670 g/mol. The average Bonchev–Trinajstić information content (AvgIpc) is 3.45. The van der Waals surface area contributed by atoms with E-state index >= 15 is 0 Å². The molecule has 3 N–H and O–H groups in total. The Labute approximate surface area is 252 Å². The normalized spacial score (nSPS) is 27.7. The number of ether oxygens (including phenoxy) is 3. The Kier molecular flexibility index (Phi) is 9.51. The molecule has 2 aliphatic heterocycles. The van der Waals surface area contributed by atoms with Gasteiger partial charge in [0.2, 0.25) is 0 Å². The molecule has 2 saturated heterocycles. The molecule has 1 aromatic heterocycles. The quantitative estimate of drug-likeness (QED) is 0.323. The summed E-state index contributed by atoms with van der Waals surface area (Å²) in [6.45, 7) is 1.48. The van der Waals surface area contributed by atoms with Crippen molar-refractivity contribution >= 4 is 27.5 Å². The second kappa shape index (κ2) is 13.0. The molecule has 7 atom stereocenters. The Morgan fingerprint density at radius 1 is 1.19 bits per heavy atom. The summed E-state index contributed by atoms with van der Waals surface area (Å²) in [4.78, 5) is 15.9. The second-order valence-corrected chi connectivity index (χ2v) is 11.4. The maximum Gasteiger partial charge on any atom is 0.259 e. The van der Waals surface area contributed by atoms with Crippen LogP contribution in [0.1, 0.15) is 18.0 Å². The molecule has 3 heterocycles. The summed E-state index contributed by atoms with van der Waals surface area (Å²) < 4.78 is 60.2. The first kappa shape index (κ1) is 31.5. The van der Waals surface area contributed by atoms with Crippen LogP contribution in [0.2, 0.25) is 0 Å². The van der Waals surface area contributed by atoms with Crippen molar-refractivity contribution in [2.45, 2.75) is 55.9 Å². The van der Waals surface area contributed by atoms with E-state index in [-0.39, 0.29) is 17.9 Å². The van der Waals surface area contributed by atoms with Crippen molar-refractivity contribution < 1.29 is 47.5 Å². The molecule has 0 spiro atoms. The predicted molar refractivity (Wildman–Crippen MR) is 149 cm³/mol. The van der Waals surface area contributed by atoms with Gasteiger partial charge in [-0.1, -0.05) is 21.1 Å². The number of aliphatic hydroxyl groups excluding tert-OH is 3. The largest absolute Gasteiger partial charge is 0.394 e. The van der Waals surface area contributed by atoms with E-state index in [2.05, 4.69) is 26.2 Å². The lowest BCUT2D eigenvalue weighted by molar-refractivity contribution is -0.211. The van der Waals surface area contributed by atoms with Crippen molar-refractivity contribution in [1.82, 2.24) is 15.0 Å². The lowest BCUT2D eigenvalue weighted by atomic mass is 9.90. The summed E-state index contributed by atoms with van der Waals surface area (Å²) in [5.41, 5.74) is 1.13. The first-order valence-electron chi connectivity index (χ1n) is 13.4. The number of carbonyl (C=O) groups is 1. The van der Waals surface area contributed by atoms with Crippen molar-refractivity contribution in [2.75, 3.05) is 31.8 Å². The number of hydrogen-bond acceptors (Lipinski definition) is 9. The first-order valence-corrected chi connectivity index (χ1v) is 14.2. The predicted octanol–water partition coefficient (Wildman–Crippen LogP) is 2.29. The zero-order chi connectivity index (χ0) is 31.0. The lowest BCUT2D eigenvalue weighted by Crippen LogP contribution is -2.63. The summed E-state index contributed by atoms with van der Waals surface area (Å²) in [5.74, 6) is -5.10. The van der Waals surface area contributed by atoms with Gasteiger partial charge >= 0.3 is 0 Å². The van der Waals surface area contributed by atoms with Crippen LogP contribution in [0.15, 0.2) is 41.0 Å². The molecule has 5 rings (SSSR count). The number of benzene rings is 2. The van der Waals surface area contributed by atoms with Crippen LogP contribution in [0.3, 0.4) is 0 Å². The van der Waals surface area contributed by atoms with Crippen LogP contribution in [0.25, 0.3) is 11.3 Å². The standard InChI is InChI=1S/C28H30BrF3N4O7/c1-13-5-15(29)9-16(6-13)36(20-3-4-42-12-21(20)38)28(40)27-26(41-2)24(25(39)22(11-37)43-27)35-10-19(33-34-35)14-7-17(30)23(32)18(31)8-14/h5-10,20-22,24-27,37-39H,3-4,11-12H2,1-2H3/t20-,21-,22+,24-,25-,26+,27+/m0/s1. The topological polar surface area (TPSA) is 139 Å². The van der Waals surface area contributed by atoms with E-state index in [0.717, 1.165) is 22.4 Å². The SMILES string of the molecule is CO[C@@H]1[C@@H](n2cc(-c3cc(F)c(F)c(F)c3)nn2)[C@@H](O)[C@@H](CO)O[C@H]1C(=O)N(c1cc(C)cc(Br)c1)[C@H]1CCOC[C@@H]1O. The van der Waals surface area contributed by atoms with E-state index in [1.807, 2.05) is 13.0 Å². The van der Waals surface area contributed by atoms with Crippen LogP contribution in [0, 0.1) is 24.4 Å². The highest BCUT2D eigenvalue weighted by atomic mass is 79.9. The van der Waals surface area contributed by atoms with Crippen LogP contribution in [-0.4, -0.2) is 99.7 Å². The molecular formula is C28H30BrF3N4O7. The van der Waals surface area contributed by atoms with Gasteiger partial charge in [-0.2, -0.15) is 0 Å². The highest BCUT2D eigenvalue weighted by Crippen LogP contribution is 2.36. The Balaban J connectivity index is 1.55. The molecule has 232 valence electrons. The average molecular weight is 671 g/mol. The molecule has 0 aliphatic carbocycles. The van der Waals surface area contributed by atoms with Gasteiger partial charge in [-0.15, -0.1) is 5.10 Å². The Morgan fingerprint density at radius 3 is 2.53 bits per heavy atom. The van der Waals surface area contributed by atoms with Crippen LogP contribution < -0.4 is 4.90 Å². The van der Waals surface area contributed by atoms with Crippen molar-refractivity contribution in [1.29, 1.82) is 0 Å². The Hall–Kier alpha value is -2.92. The summed E-state index contributed by atoms with van der Waals surface area (Å²) in [6, 6.07) is 4.98. The van der Waals surface area contributed by atoms with Crippen LogP contribution in [0.5, 0.6) is 0 Å². The molecule has 1 amide bonds. The molecule has 0 unspecified atom stereocenters. The van der Waals surface area contributed by atoms with Crippen LogP contribution in [0.4, 0.5) is 18.9 Å². The molecule has 0 radical (unpaired) electrons. The number of methoxy groups -OCH3 is 1. The minimum atomic E-state index is -1.64. The number of rotatable bonds is 7. The molecule has 43 heavy (non-hydrogen) atoms. The molecule has 2 aromatic carbocycles. The third kappa shape index (κ3) is 6.20. The zero-order valence-corrected chi connectivity index (χ0v) is 24.7. The maximum atomic E-state index is 14.4. The van der Waals surface area contributed by atoms with Crippen molar-refractivity contribution in [3.05, 3.63) is 64.0 Å². The third-order valence-electron chi connectivity index (χ3n) is 7.64. The van der Waals surface area contributed by atoms with Gasteiger partial charge in [0.15, 0.2) is 23.6 Å². The fraction of sp³-hybridized carbons (Fsp3) is 0.464. The fourth-order valence-corrected chi connectivity index (χ4v) is 6.20. The van der Waals surface area contributed by atoms with Crippen LogP contribution in [-0.2, 0) is 19.0 Å². The molecule has 3 aromatic rings. The van der Waals surface area contributed by atoms with E-state index < -0.39 is 72.6 Å². The van der Waals surface area contributed by atoms with Gasteiger partial charge in [-0.05, 0) is 49.2 Å². The van der Waals surface area contributed by atoms with E-state index in [1.165, 1.54) is 18.2 Å². The van der Waals surface area contributed by atoms with E-state index in [4.69, 9.17) is 14.2 Å². The van der Waals surface area contributed by atoms with E-state index in [1.54, 1.807) is 12.1 Å². The number of aryl methyl sites for hydroxylation is 1. The second-order valence-electron chi connectivity index (χ2n) is 10.5. The van der Waals surface area contributed by atoms with Gasteiger partial charge in [0, 0.05) is 29.4 Å². The van der Waals surface area contributed by atoms with E-state index in [0.29, 0.717) is 23.2 Å². The lowest BCUT2D eigenvalue weighted by Gasteiger charge is -2.46. The minimum absolute atomic E-state index is 0.00751. The number of amides is 1. The summed E-state index contributed by atoms with van der Waals surface area (Å²) in [7, 11) is 1.30. The van der Waals surface area contributed by atoms with Crippen molar-refractivity contribution in [3.8, 4) is 11.3 Å². The molecule has 2 fully saturated rings. The number of aliphatic hydroxyl groups is 3. The van der Waals surface area contributed by atoms with Gasteiger partial charge in [-0.25, -0.2) is 17.9 Å². The van der Waals surface area contributed by atoms with Crippen molar-refractivity contribution in [3.63, 3.8) is 0 Å². The van der Waals surface area contributed by atoms with Gasteiger partial charge in [0.25, 0.3) is 5.91 Å². The van der Waals surface area contributed by atoms with Crippen molar-refractivity contribution in [2.24, 2.45) is 0 Å². The maximum absolute atomic E-state index is 14.4. The number of anilines is 1. The van der Waals surface area contributed by atoms with Gasteiger partial charge in [-0.3, -0.25) is 4.79 Å². The molecule has 15 heteroatoms. The van der Waals surface area contributed by atoms with Gasteiger partial charge in [0.05, 0.1) is 31.6 Å². The zero-order valence-electron chi connectivity index (χ0n) is 23.1. The number of carbonyl (C=O) groups excluding carboxylic acids is 1. The van der Waals surface area contributed by atoms with Gasteiger partial charge in [0.1, 0.15) is 30.0 Å².